The number of benzene rings is 1. The van der Waals surface area contributed by atoms with Crippen LogP contribution in [-0.4, -0.2) is 36.9 Å². The van der Waals surface area contributed by atoms with E-state index in [1.165, 1.54) is 5.56 Å². The number of carboxylic acid groups (broad SMARTS) is 1. The molecule has 0 spiro atoms. The highest BCUT2D eigenvalue weighted by Gasteiger charge is 2.27. The molecule has 0 saturated carbocycles. The predicted octanol–water partition coefficient (Wildman–Crippen LogP) is 2.49. The molecular formula is C15H21NO3. The molecule has 1 saturated heterocycles. The van der Waals surface area contributed by atoms with Gasteiger partial charge in [-0.25, -0.2) is 0 Å². The van der Waals surface area contributed by atoms with Gasteiger partial charge in [0, 0.05) is 12.2 Å². The molecule has 1 aliphatic rings. The maximum absolute atomic E-state index is 11.0. The molecule has 104 valence electrons. The molecule has 1 unspecified atom stereocenters. The number of nitrogens with zero attached hydrogens (tertiary/aromatic N) is 1. The van der Waals surface area contributed by atoms with Crippen LogP contribution in [0.1, 0.15) is 31.7 Å². The Kier molecular flexibility index (Phi) is 4.43. The fourth-order valence-corrected chi connectivity index (χ4v) is 2.58. The minimum atomic E-state index is -0.775. The van der Waals surface area contributed by atoms with E-state index in [0.717, 1.165) is 12.2 Å². The molecule has 1 atom stereocenters. The first-order chi connectivity index (χ1) is 9.09. The second-order valence-electron chi connectivity index (χ2n) is 5.23. The van der Waals surface area contributed by atoms with Crippen LogP contribution in [0.15, 0.2) is 24.3 Å². The molecule has 1 aromatic carbocycles. The lowest BCUT2D eigenvalue weighted by atomic mass is 9.99. The van der Waals surface area contributed by atoms with Crippen molar-refractivity contribution in [1.82, 2.24) is 0 Å². The molecule has 1 fully saturated rings. The van der Waals surface area contributed by atoms with E-state index in [1.54, 1.807) is 0 Å². The molecular weight excluding hydrogens is 242 g/mol. The molecule has 2 rings (SSSR count). The second kappa shape index (κ2) is 6.06. The molecule has 0 aromatic heterocycles. The number of carbonyl (C=O) groups is 1. The summed E-state index contributed by atoms with van der Waals surface area (Å²) in [6.07, 6.45) is 0.117. The van der Waals surface area contributed by atoms with Crippen molar-refractivity contribution in [3.63, 3.8) is 0 Å². The first-order valence-corrected chi connectivity index (χ1v) is 6.74. The van der Waals surface area contributed by atoms with Crippen molar-refractivity contribution >= 4 is 11.7 Å². The number of ether oxygens (including phenoxy) is 1. The maximum atomic E-state index is 11.0. The van der Waals surface area contributed by atoms with Crippen molar-refractivity contribution in [3.05, 3.63) is 29.8 Å². The van der Waals surface area contributed by atoms with E-state index < -0.39 is 5.97 Å². The SMILES string of the molecule is CC(C)c1ccccc1N1CCOCC1CC(=O)O. The molecule has 1 N–H and O–H groups in total. The van der Waals surface area contributed by atoms with E-state index in [0.29, 0.717) is 19.1 Å². The van der Waals surface area contributed by atoms with Crippen molar-refractivity contribution in [2.24, 2.45) is 0 Å². The number of morpholine rings is 1. The van der Waals surface area contributed by atoms with Gasteiger partial charge < -0.3 is 14.7 Å². The van der Waals surface area contributed by atoms with E-state index in [-0.39, 0.29) is 12.5 Å². The van der Waals surface area contributed by atoms with Crippen LogP contribution in [-0.2, 0) is 9.53 Å². The third-order valence-electron chi connectivity index (χ3n) is 3.51. The number of carboxylic acids is 1. The van der Waals surface area contributed by atoms with Gasteiger partial charge >= 0.3 is 5.97 Å². The summed E-state index contributed by atoms with van der Waals surface area (Å²) in [6, 6.07) is 8.16. The average molecular weight is 263 g/mol. The van der Waals surface area contributed by atoms with Gasteiger partial charge in [-0.3, -0.25) is 4.79 Å². The third kappa shape index (κ3) is 3.26. The Morgan fingerprint density at radius 2 is 2.21 bits per heavy atom. The molecule has 1 aliphatic heterocycles. The van der Waals surface area contributed by atoms with E-state index >= 15 is 0 Å². The smallest absolute Gasteiger partial charge is 0.305 e. The van der Waals surface area contributed by atoms with Crippen LogP contribution >= 0.6 is 0 Å². The Balaban J connectivity index is 2.29. The van der Waals surface area contributed by atoms with Gasteiger partial charge in [-0.2, -0.15) is 0 Å². The average Bonchev–Trinajstić information content (AvgIpc) is 2.38. The van der Waals surface area contributed by atoms with Crippen molar-refractivity contribution in [2.75, 3.05) is 24.7 Å². The zero-order valence-corrected chi connectivity index (χ0v) is 11.5. The highest BCUT2D eigenvalue weighted by molar-refractivity contribution is 5.69. The normalized spacial score (nSPS) is 19.7. The number of rotatable bonds is 4. The Hall–Kier alpha value is -1.55. The van der Waals surface area contributed by atoms with Crippen molar-refractivity contribution in [1.29, 1.82) is 0 Å². The van der Waals surface area contributed by atoms with Crippen LogP contribution in [0.2, 0.25) is 0 Å². The maximum Gasteiger partial charge on any atom is 0.305 e. The summed E-state index contributed by atoms with van der Waals surface area (Å²) in [4.78, 5) is 13.2. The van der Waals surface area contributed by atoms with Crippen molar-refractivity contribution in [3.8, 4) is 0 Å². The lowest BCUT2D eigenvalue weighted by Crippen LogP contribution is -2.47. The minimum Gasteiger partial charge on any atom is -0.481 e. The monoisotopic (exact) mass is 263 g/mol. The van der Waals surface area contributed by atoms with Gasteiger partial charge in [0.2, 0.25) is 0 Å². The highest BCUT2D eigenvalue weighted by atomic mass is 16.5. The van der Waals surface area contributed by atoms with Crippen LogP contribution < -0.4 is 4.90 Å². The number of hydrogen-bond acceptors (Lipinski definition) is 3. The van der Waals surface area contributed by atoms with E-state index in [9.17, 15) is 4.79 Å². The van der Waals surface area contributed by atoms with E-state index in [1.807, 2.05) is 12.1 Å². The number of aliphatic carboxylic acids is 1. The van der Waals surface area contributed by atoms with Crippen LogP contribution in [0.5, 0.6) is 0 Å². The molecule has 0 radical (unpaired) electrons. The molecule has 1 heterocycles. The summed E-state index contributed by atoms with van der Waals surface area (Å²) in [6.45, 7) is 6.21. The third-order valence-corrected chi connectivity index (χ3v) is 3.51. The van der Waals surface area contributed by atoms with Crippen LogP contribution in [0, 0.1) is 0 Å². The number of hydrogen-bond donors (Lipinski definition) is 1. The quantitative estimate of drug-likeness (QED) is 0.906. The summed E-state index contributed by atoms with van der Waals surface area (Å²) in [7, 11) is 0. The van der Waals surface area contributed by atoms with Crippen molar-refractivity contribution < 1.29 is 14.6 Å². The summed E-state index contributed by atoms with van der Waals surface area (Å²) in [5, 5.41) is 9.03. The standard InChI is InChI=1S/C15H21NO3/c1-11(2)13-5-3-4-6-14(13)16-7-8-19-10-12(16)9-15(17)18/h3-6,11-12H,7-10H2,1-2H3,(H,17,18). The molecule has 0 amide bonds. The first-order valence-electron chi connectivity index (χ1n) is 6.74. The van der Waals surface area contributed by atoms with Gasteiger partial charge in [-0.1, -0.05) is 32.0 Å². The number of para-hydroxylation sites is 1. The molecule has 19 heavy (non-hydrogen) atoms. The molecule has 4 nitrogen and oxygen atoms in total. The van der Waals surface area contributed by atoms with Gasteiger partial charge in [-0.05, 0) is 17.5 Å². The largest absolute Gasteiger partial charge is 0.481 e. The fourth-order valence-electron chi connectivity index (χ4n) is 2.58. The summed E-state index contributed by atoms with van der Waals surface area (Å²) in [5.41, 5.74) is 2.41. The Morgan fingerprint density at radius 1 is 1.47 bits per heavy atom. The van der Waals surface area contributed by atoms with Gasteiger partial charge in [0.15, 0.2) is 0 Å². The fraction of sp³-hybridized carbons (Fsp3) is 0.533. The zero-order valence-electron chi connectivity index (χ0n) is 11.5. The van der Waals surface area contributed by atoms with Gasteiger partial charge in [0.1, 0.15) is 0 Å². The van der Waals surface area contributed by atoms with Gasteiger partial charge in [-0.15, -0.1) is 0 Å². The molecule has 4 heteroatoms. The lowest BCUT2D eigenvalue weighted by Gasteiger charge is -2.38. The van der Waals surface area contributed by atoms with E-state index in [4.69, 9.17) is 9.84 Å². The highest BCUT2D eigenvalue weighted by Crippen LogP contribution is 2.30. The topological polar surface area (TPSA) is 49.8 Å². The van der Waals surface area contributed by atoms with Crippen LogP contribution in [0.25, 0.3) is 0 Å². The van der Waals surface area contributed by atoms with Crippen LogP contribution in [0.4, 0.5) is 5.69 Å². The van der Waals surface area contributed by atoms with E-state index in [2.05, 4.69) is 30.9 Å². The second-order valence-corrected chi connectivity index (χ2v) is 5.23. The molecule has 0 bridgehead atoms. The summed E-state index contributed by atoms with van der Waals surface area (Å²) in [5.74, 6) is -0.355. The predicted molar refractivity (Wildman–Crippen MR) is 74.7 cm³/mol. The Morgan fingerprint density at radius 3 is 2.89 bits per heavy atom. The van der Waals surface area contributed by atoms with Gasteiger partial charge in [0.05, 0.1) is 25.7 Å². The van der Waals surface area contributed by atoms with Crippen molar-refractivity contribution in [2.45, 2.75) is 32.2 Å². The van der Waals surface area contributed by atoms with Gasteiger partial charge in [0.25, 0.3) is 0 Å². The first kappa shape index (κ1) is 13.9. The lowest BCUT2D eigenvalue weighted by molar-refractivity contribution is -0.138. The Labute approximate surface area is 114 Å². The minimum absolute atomic E-state index is 0.0776. The number of anilines is 1. The molecule has 1 aromatic rings. The molecule has 0 aliphatic carbocycles. The van der Waals surface area contributed by atoms with Crippen LogP contribution in [0.3, 0.4) is 0 Å². The Bertz CT molecular complexity index is 445. The summed E-state index contributed by atoms with van der Waals surface area (Å²) >= 11 is 0. The zero-order chi connectivity index (χ0) is 13.8. The summed E-state index contributed by atoms with van der Waals surface area (Å²) < 4.78 is 5.43.